The first-order valence-corrected chi connectivity index (χ1v) is 5.85. The first-order valence-electron chi connectivity index (χ1n) is 5.85. The highest BCUT2D eigenvalue weighted by Gasteiger charge is 2.32. The fourth-order valence-corrected chi connectivity index (χ4v) is 2.71. The third-order valence-electron chi connectivity index (χ3n) is 3.58. The van der Waals surface area contributed by atoms with E-state index >= 15 is 0 Å². The van der Waals surface area contributed by atoms with Crippen molar-refractivity contribution in [1.82, 2.24) is 10.2 Å². The van der Waals surface area contributed by atoms with E-state index in [1.165, 1.54) is 0 Å². The molecule has 1 heterocycles. The van der Waals surface area contributed by atoms with Gasteiger partial charge in [0, 0.05) is 50.0 Å². The summed E-state index contributed by atoms with van der Waals surface area (Å²) in [6.45, 7) is 4.16. The van der Waals surface area contributed by atoms with Gasteiger partial charge in [0.15, 0.2) is 0 Å². The van der Waals surface area contributed by atoms with E-state index in [2.05, 4.69) is 10.2 Å². The number of nitrogens with one attached hydrogen (secondary N) is 1. The van der Waals surface area contributed by atoms with Gasteiger partial charge in [-0.05, 0) is 12.8 Å². The molecular formula is C10H19N3O2. The maximum atomic E-state index is 10.8. The molecule has 1 aliphatic heterocycles. The Morgan fingerprint density at radius 3 is 2.67 bits per heavy atom. The number of hydrogen-bond donors (Lipinski definition) is 1. The van der Waals surface area contributed by atoms with Crippen LogP contribution in [0.1, 0.15) is 25.7 Å². The smallest absolute Gasteiger partial charge is 0.214 e. The van der Waals surface area contributed by atoms with Gasteiger partial charge in [-0.15, -0.1) is 0 Å². The Bertz CT molecular complexity index is 229. The maximum absolute atomic E-state index is 10.8. The molecule has 2 rings (SSSR count). The predicted octanol–water partition coefficient (Wildman–Crippen LogP) is 0.479. The summed E-state index contributed by atoms with van der Waals surface area (Å²) in [5.41, 5.74) is 0. The first kappa shape index (κ1) is 10.8. The van der Waals surface area contributed by atoms with Crippen LogP contribution < -0.4 is 5.32 Å². The van der Waals surface area contributed by atoms with Crippen LogP contribution in [-0.4, -0.2) is 48.1 Å². The summed E-state index contributed by atoms with van der Waals surface area (Å²) >= 11 is 0. The van der Waals surface area contributed by atoms with Crippen LogP contribution in [-0.2, 0) is 0 Å². The fourth-order valence-electron chi connectivity index (χ4n) is 2.71. The lowest BCUT2D eigenvalue weighted by Crippen LogP contribution is -2.50. The Morgan fingerprint density at radius 2 is 2.00 bits per heavy atom. The third-order valence-corrected chi connectivity index (χ3v) is 3.58. The van der Waals surface area contributed by atoms with E-state index in [9.17, 15) is 10.1 Å². The molecule has 0 aromatic rings. The number of piperazine rings is 1. The van der Waals surface area contributed by atoms with E-state index in [-0.39, 0.29) is 11.0 Å². The van der Waals surface area contributed by atoms with E-state index in [0.717, 1.165) is 51.9 Å². The summed E-state index contributed by atoms with van der Waals surface area (Å²) in [4.78, 5) is 13.1. The second kappa shape index (κ2) is 4.90. The summed E-state index contributed by atoms with van der Waals surface area (Å²) in [5.74, 6) is 0. The Hall–Kier alpha value is -0.680. The fraction of sp³-hybridized carbons (Fsp3) is 1.00. The Labute approximate surface area is 90.0 Å². The van der Waals surface area contributed by atoms with Crippen LogP contribution in [0.15, 0.2) is 0 Å². The van der Waals surface area contributed by atoms with Gasteiger partial charge in [-0.1, -0.05) is 0 Å². The van der Waals surface area contributed by atoms with Crippen molar-refractivity contribution in [3.63, 3.8) is 0 Å². The monoisotopic (exact) mass is 213 g/mol. The summed E-state index contributed by atoms with van der Waals surface area (Å²) in [6, 6.07) is 0.162. The van der Waals surface area contributed by atoms with Crippen LogP contribution in [0.4, 0.5) is 0 Å². The number of nitrogens with zero attached hydrogens (tertiary/aromatic N) is 2. The van der Waals surface area contributed by atoms with Gasteiger partial charge < -0.3 is 5.32 Å². The summed E-state index contributed by atoms with van der Waals surface area (Å²) in [6.07, 6.45) is 3.69. The molecule has 5 nitrogen and oxygen atoms in total. The van der Waals surface area contributed by atoms with Crippen LogP contribution in [0.2, 0.25) is 0 Å². The van der Waals surface area contributed by atoms with E-state index in [4.69, 9.17) is 0 Å². The van der Waals surface area contributed by atoms with Gasteiger partial charge in [0.2, 0.25) is 6.04 Å². The van der Waals surface area contributed by atoms with Crippen LogP contribution >= 0.6 is 0 Å². The van der Waals surface area contributed by atoms with E-state index < -0.39 is 0 Å². The average Bonchev–Trinajstić information content (AvgIpc) is 2.30. The van der Waals surface area contributed by atoms with Crippen molar-refractivity contribution in [1.29, 1.82) is 0 Å². The second-order valence-corrected chi connectivity index (χ2v) is 4.55. The highest BCUT2D eigenvalue weighted by molar-refractivity contribution is 4.82. The summed E-state index contributed by atoms with van der Waals surface area (Å²) < 4.78 is 0. The lowest BCUT2D eigenvalue weighted by Gasteiger charge is -2.37. The van der Waals surface area contributed by atoms with Crippen molar-refractivity contribution >= 4 is 0 Å². The molecule has 1 saturated carbocycles. The SMILES string of the molecule is O=[N+]([O-])C1CCCC(N2CCNCC2)C1. The molecule has 0 spiro atoms. The molecule has 2 atom stereocenters. The second-order valence-electron chi connectivity index (χ2n) is 4.55. The molecule has 0 bridgehead atoms. The lowest BCUT2D eigenvalue weighted by atomic mass is 9.90. The zero-order valence-corrected chi connectivity index (χ0v) is 9.02. The number of hydrogen-bond acceptors (Lipinski definition) is 4. The minimum absolute atomic E-state index is 0.0889. The normalized spacial score (nSPS) is 33.9. The van der Waals surface area contributed by atoms with Crippen molar-refractivity contribution in [2.45, 2.75) is 37.8 Å². The highest BCUT2D eigenvalue weighted by Crippen LogP contribution is 2.24. The summed E-state index contributed by atoms with van der Waals surface area (Å²) in [5, 5.41) is 14.1. The largest absolute Gasteiger partial charge is 0.314 e. The maximum Gasteiger partial charge on any atom is 0.214 e. The van der Waals surface area contributed by atoms with E-state index in [1.54, 1.807) is 0 Å². The Kier molecular flexibility index (Phi) is 3.53. The Balaban J connectivity index is 1.88. The topological polar surface area (TPSA) is 58.4 Å². The minimum atomic E-state index is -0.293. The van der Waals surface area contributed by atoms with Crippen molar-refractivity contribution in [3.8, 4) is 0 Å². The molecule has 0 radical (unpaired) electrons. The van der Waals surface area contributed by atoms with E-state index in [0.29, 0.717) is 6.04 Å². The van der Waals surface area contributed by atoms with Gasteiger partial charge >= 0.3 is 0 Å². The molecule has 0 amide bonds. The van der Waals surface area contributed by atoms with Crippen LogP contribution in [0.25, 0.3) is 0 Å². The molecule has 1 N–H and O–H groups in total. The van der Waals surface area contributed by atoms with Gasteiger partial charge in [-0.2, -0.15) is 0 Å². The highest BCUT2D eigenvalue weighted by atomic mass is 16.6. The van der Waals surface area contributed by atoms with E-state index in [1.807, 2.05) is 0 Å². The Morgan fingerprint density at radius 1 is 1.27 bits per heavy atom. The molecular weight excluding hydrogens is 194 g/mol. The van der Waals surface area contributed by atoms with Gasteiger partial charge in [-0.25, -0.2) is 0 Å². The van der Waals surface area contributed by atoms with Gasteiger partial charge in [0.05, 0.1) is 0 Å². The van der Waals surface area contributed by atoms with Crippen molar-refractivity contribution in [2.24, 2.45) is 0 Å². The van der Waals surface area contributed by atoms with Crippen molar-refractivity contribution in [2.75, 3.05) is 26.2 Å². The number of rotatable bonds is 2. The van der Waals surface area contributed by atoms with Gasteiger partial charge in [0.25, 0.3) is 0 Å². The lowest BCUT2D eigenvalue weighted by molar-refractivity contribution is -0.527. The number of nitro groups is 1. The van der Waals surface area contributed by atoms with Crippen LogP contribution in [0.3, 0.4) is 0 Å². The first-order chi connectivity index (χ1) is 7.27. The van der Waals surface area contributed by atoms with Crippen molar-refractivity contribution in [3.05, 3.63) is 10.1 Å². The minimum Gasteiger partial charge on any atom is -0.314 e. The van der Waals surface area contributed by atoms with Crippen LogP contribution in [0, 0.1) is 10.1 Å². The molecule has 2 unspecified atom stereocenters. The third kappa shape index (κ3) is 2.66. The molecule has 86 valence electrons. The van der Waals surface area contributed by atoms with Crippen LogP contribution in [0.5, 0.6) is 0 Å². The van der Waals surface area contributed by atoms with Gasteiger partial charge in [-0.3, -0.25) is 15.0 Å². The molecule has 2 fully saturated rings. The molecule has 5 heteroatoms. The summed E-state index contributed by atoms with van der Waals surface area (Å²) in [7, 11) is 0. The average molecular weight is 213 g/mol. The van der Waals surface area contributed by atoms with Crippen molar-refractivity contribution < 1.29 is 4.92 Å². The molecule has 1 saturated heterocycles. The molecule has 1 aliphatic carbocycles. The molecule has 0 aromatic carbocycles. The quantitative estimate of drug-likeness (QED) is 0.535. The van der Waals surface area contributed by atoms with Gasteiger partial charge in [0.1, 0.15) is 0 Å². The zero-order valence-electron chi connectivity index (χ0n) is 9.02. The molecule has 2 aliphatic rings. The predicted molar refractivity (Wildman–Crippen MR) is 57.5 cm³/mol. The standard InChI is InChI=1S/C10H19N3O2/c14-13(15)10-3-1-2-9(8-10)12-6-4-11-5-7-12/h9-11H,1-8H2. The molecule has 0 aromatic heterocycles. The molecule has 15 heavy (non-hydrogen) atoms. The zero-order chi connectivity index (χ0) is 10.7.